The Kier molecular flexibility index (Phi) is 5.25. The Labute approximate surface area is 117 Å². The van der Waals surface area contributed by atoms with Crippen LogP contribution in [0.25, 0.3) is 0 Å². The molecule has 104 valence electrons. The third-order valence-corrected chi connectivity index (χ3v) is 3.09. The van der Waals surface area contributed by atoms with E-state index in [4.69, 9.17) is 10.2 Å². The van der Waals surface area contributed by atoms with Gasteiger partial charge in [-0.15, -0.1) is 0 Å². The summed E-state index contributed by atoms with van der Waals surface area (Å²) in [6.45, 7) is 1.71. The second kappa shape index (κ2) is 6.48. The third-order valence-electron chi connectivity index (χ3n) is 2.47. The van der Waals surface area contributed by atoms with E-state index in [1.54, 1.807) is 6.92 Å². The highest BCUT2D eigenvalue weighted by molar-refractivity contribution is 9.10. The molecule has 0 fully saturated rings. The molecule has 0 bridgehead atoms. The minimum absolute atomic E-state index is 0.0488. The molecule has 0 aromatic heterocycles. The van der Waals surface area contributed by atoms with Crippen LogP contribution in [0.4, 0.5) is 11.4 Å². The smallest absolute Gasteiger partial charge is 0.335 e. The Morgan fingerprint density at radius 2 is 2.21 bits per heavy atom. The lowest BCUT2D eigenvalue weighted by molar-refractivity contribution is -0.384. The second-order valence-electron chi connectivity index (χ2n) is 3.97. The molecule has 1 rings (SSSR count). The minimum Gasteiger partial charge on any atom is -0.478 e. The van der Waals surface area contributed by atoms with Crippen molar-refractivity contribution in [2.75, 3.05) is 11.9 Å². The van der Waals surface area contributed by atoms with Crippen molar-refractivity contribution in [1.82, 2.24) is 0 Å². The van der Waals surface area contributed by atoms with Gasteiger partial charge in [-0.1, -0.05) is 0 Å². The largest absolute Gasteiger partial charge is 0.478 e. The summed E-state index contributed by atoms with van der Waals surface area (Å²) in [7, 11) is 0. The molecular weight excluding hydrogens is 320 g/mol. The number of carbonyl (C=O) groups is 1. The molecule has 7 nitrogen and oxygen atoms in total. The summed E-state index contributed by atoms with van der Waals surface area (Å²) in [5.74, 6) is -1.24. The number of nitro benzene ring substituents is 1. The first kappa shape index (κ1) is 15.4. The van der Waals surface area contributed by atoms with Crippen LogP contribution >= 0.6 is 15.9 Å². The monoisotopic (exact) mass is 332 g/mol. The maximum atomic E-state index is 11.0. The standard InChI is InChI=1S/C11H13BrN2O5/c1-6(2-3-15)13-10-8(12)4-7(11(16)17)5-9(10)14(18)19/h4-6,13,15H,2-3H2,1H3,(H,16,17)/t6-/m1/s1. The Balaban J connectivity index is 3.22. The van der Waals surface area contributed by atoms with E-state index in [1.807, 2.05) is 0 Å². The quantitative estimate of drug-likeness (QED) is 0.544. The van der Waals surface area contributed by atoms with Gasteiger partial charge in [0.05, 0.1) is 10.5 Å². The van der Waals surface area contributed by atoms with Gasteiger partial charge in [0.1, 0.15) is 5.69 Å². The number of rotatable bonds is 6. The van der Waals surface area contributed by atoms with Gasteiger partial charge in [0.25, 0.3) is 5.69 Å². The van der Waals surface area contributed by atoms with Crippen molar-refractivity contribution in [2.24, 2.45) is 0 Å². The van der Waals surface area contributed by atoms with Crippen molar-refractivity contribution in [2.45, 2.75) is 19.4 Å². The molecule has 19 heavy (non-hydrogen) atoms. The molecule has 0 saturated carbocycles. The summed E-state index contributed by atoms with van der Waals surface area (Å²) in [6, 6.07) is 2.11. The predicted molar refractivity (Wildman–Crippen MR) is 72.5 cm³/mol. The highest BCUT2D eigenvalue weighted by Crippen LogP contribution is 2.34. The van der Waals surface area contributed by atoms with E-state index in [-0.39, 0.29) is 29.6 Å². The molecule has 0 saturated heterocycles. The Morgan fingerprint density at radius 3 is 2.68 bits per heavy atom. The normalized spacial score (nSPS) is 11.9. The Morgan fingerprint density at radius 1 is 1.58 bits per heavy atom. The lowest BCUT2D eigenvalue weighted by Crippen LogP contribution is -2.18. The molecule has 1 aromatic rings. The number of nitrogens with zero attached hydrogens (tertiary/aromatic N) is 1. The van der Waals surface area contributed by atoms with Crippen LogP contribution in [0, 0.1) is 10.1 Å². The molecule has 0 aliphatic rings. The van der Waals surface area contributed by atoms with Crippen molar-refractivity contribution in [3.63, 3.8) is 0 Å². The first-order chi connectivity index (χ1) is 8.86. The fourth-order valence-electron chi connectivity index (χ4n) is 1.51. The van der Waals surface area contributed by atoms with Crippen LogP contribution in [0.5, 0.6) is 0 Å². The molecule has 0 amide bonds. The number of carboxylic acids is 1. The number of aromatic carboxylic acids is 1. The zero-order valence-electron chi connectivity index (χ0n) is 10.1. The number of nitrogens with one attached hydrogen (secondary N) is 1. The van der Waals surface area contributed by atoms with Gasteiger partial charge in [0, 0.05) is 23.2 Å². The van der Waals surface area contributed by atoms with Gasteiger partial charge in [-0.05, 0) is 35.3 Å². The SMILES string of the molecule is C[C@H](CCO)Nc1c(Br)cc(C(=O)O)cc1[N+](=O)[O-]. The Bertz CT molecular complexity index is 506. The summed E-state index contributed by atoms with van der Waals surface area (Å²) in [5.41, 5.74) is -0.286. The minimum atomic E-state index is -1.24. The molecule has 0 aliphatic carbocycles. The van der Waals surface area contributed by atoms with E-state index < -0.39 is 10.9 Å². The second-order valence-corrected chi connectivity index (χ2v) is 4.83. The summed E-state index contributed by atoms with van der Waals surface area (Å²) < 4.78 is 0.295. The molecule has 1 aromatic carbocycles. The molecule has 0 aliphatic heterocycles. The maximum Gasteiger partial charge on any atom is 0.335 e. The van der Waals surface area contributed by atoms with Crippen molar-refractivity contribution in [1.29, 1.82) is 0 Å². The van der Waals surface area contributed by atoms with Gasteiger partial charge in [0.15, 0.2) is 0 Å². The fraction of sp³-hybridized carbons (Fsp3) is 0.364. The molecule has 8 heteroatoms. The van der Waals surface area contributed by atoms with E-state index >= 15 is 0 Å². The van der Waals surface area contributed by atoms with E-state index in [1.165, 1.54) is 6.07 Å². The lowest BCUT2D eigenvalue weighted by Gasteiger charge is -2.15. The van der Waals surface area contributed by atoms with Crippen LogP contribution in [-0.2, 0) is 0 Å². The van der Waals surface area contributed by atoms with Gasteiger partial charge in [-0.3, -0.25) is 10.1 Å². The molecule has 1 atom stereocenters. The van der Waals surface area contributed by atoms with Gasteiger partial charge >= 0.3 is 5.97 Å². The number of hydrogen-bond donors (Lipinski definition) is 3. The topological polar surface area (TPSA) is 113 Å². The van der Waals surface area contributed by atoms with Crippen LogP contribution in [0.3, 0.4) is 0 Å². The highest BCUT2D eigenvalue weighted by Gasteiger charge is 2.22. The van der Waals surface area contributed by atoms with E-state index in [0.29, 0.717) is 10.9 Å². The lowest BCUT2D eigenvalue weighted by atomic mass is 10.1. The number of anilines is 1. The van der Waals surface area contributed by atoms with Crippen molar-refractivity contribution in [3.05, 3.63) is 32.3 Å². The molecule has 0 heterocycles. The first-order valence-corrected chi connectivity index (χ1v) is 6.24. The number of aliphatic hydroxyl groups excluding tert-OH is 1. The zero-order chi connectivity index (χ0) is 14.6. The molecular formula is C11H13BrN2O5. The first-order valence-electron chi connectivity index (χ1n) is 5.45. The predicted octanol–water partition coefficient (Wildman–Crippen LogP) is 2.24. The van der Waals surface area contributed by atoms with Crippen LogP contribution < -0.4 is 5.32 Å². The van der Waals surface area contributed by atoms with Gasteiger partial charge in [0.2, 0.25) is 0 Å². The number of nitro groups is 1. The van der Waals surface area contributed by atoms with Gasteiger partial charge < -0.3 is 15.5 Å². The number of aliphatic hydroxyl groups is 1. The Hall–Kier alpha value is -1.67. The molecule has 0 radical (unpaired) electrons. The van der Waals surface area contributed by atoms with Crippen LogP contribution in [0.1, 0.15) is 23.7 Å². The van der Waals surface area contributed by atoms with Crippen LogP contribution in [0.2, 0.25) is 0 Å². The fourth-order valence-corrected chi connectivity index (χ4v) is 2.08. The highest BCUT2D eigenvalue weighted by atomic mass is 79.9. The number of benzene rings is 1. The number of carboxylic acid groups (broad SMARTS) is 1. The molecule has 0 unspecified atom stereocenters. The average Bonchev–Trinajstić information content (AvgIpc) is 2.31. The maximum absolute atomic E-state index is 11.0. The van der Waals surface area contributed by atoms with Crippen LogP contribution in [0.15, 0.2) is 16.6 Å². The third kappa shape index (κ3) is 3.90. The van der Waals surface area contributed by atoms with Crippen molar-refractivity contribution in [3.8, 4) is 0 Å². The summed E-state index contributed by atoms with van der Waals surface area (Å²) in [6.07, 6.45) is 0.421. The van der Waals surface area contributed by atoms with Crippen LogP contribution in [-0.4, -0.2) is 33.8 Å². The summed E-state index contributed by atoms with van der Waals surface area (Å²) >= 11 is 3.12. The summed E-state index contributed by atoms with van der Waals surface area (Å²) in [4.78, 5) is 21.2. The molecule has 3 N–H and O–H groups in total. The van der Waals surface area contributed by atoms with Crippen molar-refractivity contribution >= 4 is 33.3 Å². The number of halogens is 1. The van der Waals surface area contributed by atoms with Crippen molar-refractivity contribution < 1.29 is 19.9 Å². The average molecular weight is 333 g/mol. The summed E-state index contributed by atoms with van der Waals surface area (Å²) in [5, 5.41) is 31.6. The molecule has 0 spiro atoms. The van der Waals surface area contributed by atoms with E-state index in [0.717, 1.165) is 6.07 Å². The van der Waals surface area contributed by atoms with E-state index in [2.05, 4.69) is 21.2 Å². The zero-order valence-corrected chi connectivity index (χ0v) is 11.7. The number of hydrogen-bond acceptors (Lipinski definition) is 5. The van der Waals surface area contributed by atoms with Gasteiger partial charge in [-0.2, -0.15) is 0 Å². The van der Waals surface area contributed by atoms with E-state index in [9.17, 15) is 14.9 Å². The van der Waals surface area contributed by atoms with Gasteiger partial charge in [-0.25, -0.2) is 4.79 Å².